The van der Waals surface area contributed by atoms with E-state index in [9.17, 15) is 5.11 Å². The van der Waals surface area contributed by atoms with E-state index < -0.39 is 5.60 Å². The van der Waals surface area contributed by atoms with Crippen LogP contribution in [0.1, 0.15) is 47.0 Å². The van der Waals surface area contributed by atoms with Crippen LogP contribution >= 0.6 is 0 Å². The minimum absolute atomic E-state index is 0.473. The van der Waals surface area contributed by atoms with E-state index in [1.165, 1.54) is 19.3 Å². The Labute approximate surface area is 76.2 Å². The molecule has 1 N–H and O–H groups in total. The summed E-state index contributed by atoms with van der Waals surface area (Å²) in [7, 11) is 0. The molecule has 1 fully saturated rings. The predicted octanol–water partition coefficient (Wildman–Crippen LogP) is 2.83. The highest BCUT2D eigenvalue weighted by Crippen LogP contribution is 2.39. The van der Waals surface area contributed by atoms with Gasteiger partial charge in [-0.2, -0.15) is 0 Å². The summed E-state index contributed by atoms with van der Waals surface area (Å²) in [6, 6.07) is 0. The van der Waals surface area contributed by atoms with Crippen molar-refractivity contribution in [2.45, 2.75) is 52.6 Å². The highest BCUT2D eigenvalue weighted by molar-refractivity contribution is 4.85. The fourth-order valence-electron chi connectivity index (χ4n) is 2.71. The van der Waals surface area contributed by atoms with Gasteiger partial charge >= 0.3 is 0 Å². The topological polar surface area (TPSA) is 20.2 Å². The van der Waals surface area contributed by atoms with Gasteiger partial charge in [0.2, 0.25) is 0 Å². The summed E-state index contributed by atoms with van der Waals surface area (Å²) in [5.74, 6) is 2.06. The SMILES string of the molecule is CC1CCC(C(C)(C)O)C(C)C1. The third-order valence-corrected chi connectivity index (χ3v) is 3.34. The highest BCUT2D eigenvalue weighted by atomic mass is 16.3. The van der Waals surface area contributed by atoms with Crippen LogP contribution in [0.2, 0.25) is 0 Å². The summed E-state index contributed by atoms with van der Waals surface area (Å²) in [4.78, 5) is 0. The second kappa shape index (κ2) is 3.37. The summed E-state index contributed by atoms with van der Waals surface area (Å²) in [6.45, 7) is 8.49. The van der Waals surface area contributed by atoms with Crippen LogP contribution in [-0.2, 0) is 0 Å². The Bertz CT molecular complexity index is 146. The molecule has 0 amide bonds. The van der Waals surface area contributed by atoms with Crippen LogP contribution in [0, 0.1) is 17.8 Å². The molecule has 1 nitrogen and oxygen atoms in total. The van der Waals surface area contributed by atoms with Crippen molar-refractivity contribution in [3.8, 4) is 0 Å². The zero-order chi connectivity index (χ0) is 9.35. The lowest BCUT2D eigenvalue weighted by molar-refractivity contribution is -0.0302. The molecule has 1 saturated carbocycles. The summed E-state index contributed by atoms with van der Waals surface area (Å²) in [5, 5.41) is 9.90. The first-order chi connectivity index (χ1) is 5.41. The molecule has 1 rings (SSSR count). The molecule has 3 unspecified atom stereocenters. The molecule has 0 radical (unpaired) electrons. The molecule has 0 spiro atoms. The van der Waals surface area contributed by atoms with E-state index in [-0.39, 0.29) is 0 Å². The average Bonchev–Trinajstić information content (AvgIpc) is 1.83. The van der Waals surface area contributed by atoms with Gasteiger partial charge in [0, 0.05) is 0 Å². The van der Waals surface area contributed by atoms with Gasteiger partial charge in [-0.1, -0.05) is 20.3 Å². The summed E-state index contributed by atoms with van der Waals surface area (Å²) in [6.07, 6.45) is 3.78. The van der Waals surface area contributed by atoms with Crippen molar-refractivity contribution in [2.75, 3.05) is 0 Å². The van der Waals surface area contributed by atoms with E-state index in [4.69, 9.17) is 0 Å². The number of hydrogen-bond donors (Lipinski definition) is 1. The van der Waals surface area contributed by atoms with Crippen LogP contribution in [0.3, 0.4) is 0 Å². The number of aliphatic hydroxyl groups is 1. The van der Waals surface area contributed by atoms with Gasteiger partial charge in [-0.25, -0.2) is 0 Å². The Kier molecular flexibility index (Phi) is 2.82. The van der Waals surface area contributed by atoms with Gasteiger partial charge in [-0.15, -0.1) is 0 Å². The van der Waals surface area contributed by atoms with Crippen molar-refractivity contribution >= 4 is 0 Å². The second-order valence-corrected chi connectivity index (χ2v) is 5.16. The molecule has 1 heteroatoms. The lowest BCUT2D eigenvalue weighted by Gasteiger charge is -2.39. The molecule has 0 aromatic carbocycles. The van der Waals surface area contributed by atoms with E-state index >= 15 is 0 Å². The fraction of sp³-hybridized carbons (Fsp3) is 1.00. The largest absolute Gasteiger partial charge is 0.390 e. The van der Waals surface area contributed by atoms with Gasteiger partial charge in [0.15, 0.2) is 0 Å². The van der Waals surface area contributed by atoms with E-state index in [2.05, 4.69) is 13.8 Å². The molecule has 1 aliphatic carbocycles. The lowest BCUT2D eigenvalue weighted by Crippen LogP contribution is -2.38. The zero-order valence-electron chi connectivity index (χ0n) is 8.80. The average molecular weight is 170 g/mol. The number of rotatable bonds is 1. The highest BCUT2D eigenvalue weighted by Gasteiger charge is 2.35. The molecule has 3 atom stereocenters. The van der Waals surface area contributed by atoms with Crippen LogP contribution in [0.5, 0.6) is 0 Å². The molecular weight excluding hydrogens is 148 g/mol. The van der Waals surface area contributed by atoms with Crippen molar-refractivity contribution in [3.05, 3.63) is 0 Å². The first-order valence-corrected chi connectivity index (χ1v) is 5.13. The maximum Gasteiger partial charge on any atom is 0.0622 e. The lowest BCUT2D eigenvalue weighted by atomic mass is 9.69. The third kappa shape index (κ3) is 2.22. The predicted molar refractivity (Wildman–Crippen MR) is 52.0 cm³/mol. The van der Waals surface area contributed by atoms with Gasteiger partial charge < -0.3 is 5.11 Å². The van der Waals surface area contributed by atoms with E-state index in [1.54, 1.807) is 0 Å². The molecule has 0 aliphatic heterocycles. The first-order valence-electron chi connectivity index (χ1n) is 5.13. The Hall–Kier alpha value is -0.0400. The van der Waals surface area contributed by atoms with Crippen LogP contribution in [-0.4, -0.2) is 10.7 Å². The normalized spacial score (nSPS) is 38.2. The van der Waals surface area contributed by atoms with E-state index in [0.717, 1.165) is 5.92 Å². The summed E-state index contributed by atoms with van der Waals surface area (Å²) in [5.41, 5.74) is -0.473. The van der Waals surface area contributed by atoms with E-state index in [0.29, 0.717) is 11.8 Å². The van der Waals surface area contributed by atoms with Crippen molar-refractivity contribution in [3.63, 3.8) is 0 Å². The molecule has 0 saturated heterocycles. The van der Waals surface area contributed by atoms with Crippen LogP contribution in [0.4, 0.5) is 0 Å². The molecule has 1 aliphatic rings. The summed E-state index contributed by atoms with van der Waals surface area (Å²) < 4.78 is 0. The van der Waals surface area contributed by atoms with Crippen molar-refractivity contribution in [2.24, 2.45) is 17.8 Å². The molecule has 72 valence electrons. The van der Waals surface area contributed by atoms with Crippen LogP contribution in [0.15, 0.2) is 0 Å². The van der Waals surface area contributed by atoms with Gasteiger partial charge in [-0.05, 0) is 44.4 Å². The molecule has 12 heavy (non-hydrogen) atoms. The van der Waals surface area contributed by atoms with Crippen LogP contribution in [0.25, 0.3) is 0 Å². The summed E-state index contributed by atoms with van der Waals surface area (Å²) >= 11 is 0. The molecule has 0 bridgehead atoms. The smallest absolute Gasteiger partial charge is 0.0622 e. The maximum absolute atomic E-state index is 9.90. The standard InChI is InChI=1S/C11H22O/c1-8-5-6-10(9(2)7-8)11(3,4)12/h8-10,12H,5-7H2,1-4H3. The van der Waals surface area contributed by atoms with Crippen LogP contribution < -0.4 is 0 Å². The number of hydrogen-bond acceptors (Lipinski definition) is 1. The monoisotopic (exact) mass is 170 g/mol. The Morgan fingerprint density at radius 2 is 1.75 bits per heavy atom. The van der Waals surface area contributed by atoms with Gasteiger partial charge in [0.05, 0.1) is 5.60 Å². The quantitative estimate of drug-likeness (QED) is 0.641. The van der Waals surface area contributed by atoms with Gasteiger partial charge in [0.25, 0.3) is 0 Å². The van der Waals surface area contributed by atoms with Crippen molar-refractivity contribution in [1.82, 2.24) is 0 Å². The molecule has 0 aromatic heterocycles. The third-order valence-electron chi connectivity index (χ3n) is 3.34. The molecule has 0 aromatic rings. The van der Waals surface area contributed by atoms with Gasteiger partial charge in [-0.3, -0.25) is 0 Å². The van der Waals surface area contributed by atoms with E-state index in [1.807, 2.05) is 13.8 Å². The molecular formula is C11H22O. The minimum Gasteiger partial charge on any atom is -0.390 e. The van der Waals surface area contributed by atoms with Crippen molar-refractivity contribution < 1.29 is 5.11 Å². The Morgan fingerprint density at radius 1 is 1.17 bits per heavy atom. The first kappa shape index (κ1) is 10.0. The Morgan fingerprint density at radius 3 is 2.17 bits per heavy atom. The minimum atomic E-state index is -0.473. The van der Waals surface area contributed by atoms with Gasteiger partial charge in [0.1, 0.15) is 0 Å². The molecule has 0 heterocycles. The fourth-order valence-corrected chi connectivity index (χ4v) is 2.71. The Balaban J connectivity index is 2.57. The maximum atomic E-state index is 9.90. The zero-order valence-corrected chi connectivity index (χ0v) is 8.80. The van der Waals surface area contributed by atoms with Crippen molar-refractivity contribution in [1.29, 1.82) is 0 Å². The second-order valence-electron chi connectivity index (χ2n) is 5.16.